The molecule has 4 aromatic heterocycles. The van der Waals surface area contributed by atoms with E-state index in [1.807, 2.05) is 23.8 Å². The topological polar surface area (TPSA) is 90.1 Å². The van der Waals surface area contributed by atoms with E-state index in [9.17, 15) is 0 Å². The SMILES string of the molecule is CC(C)c1noc(N2CCC([C@H](C)Oc3nc4ccc(-c5cncs5)nc4s3)CC2)n1. The summed E-state index contributed by atoms with van der Waals surface area (Å²) < 4.78 is 11.7. The third kappa shape index (κ3) is 4.27. The van der Waals surface area contributed by atoms with Crippen LogP contribution >= 0.6 is 22.7 Å². The van der Waals surface area contributed by atoms with Crippen molar-refractivity contribution >= 4 is 39.0 Å². The molecule has 0 saturated carbocycles. The van der Waals surface area contributed by atoms with Gasteiger partial charge in [0.2, 0.25) is 0 Å². The monoisotopic (exact) mass is 456 g/mol. The Morgan fingerprint density at radius 3 is 2.68 bits per heavy atom. The first-order valence-corrected chi connectivity index (χ1v) is 12.2. The van der Waals surface area contributed by atoms with Gasteiger partial charge in [-0.25, -0.2) is 9.97 Å². The number of fused-ring (bicyclic) bond motifs is 1. The molecular weight excluding hydrogens is 432 g/mol. The van der Waals surface area contributed by atoms with Gasteiger partial charge in [-0.3, -0.25) is 4.98 Å². The summed E-state index contributed by atoms with van der Waals surface area (Å²) in [4.78, 5) is 22.1. The Morgan fingerprint density at radius 2 is 1.97 bits per heavy atom. The zero-order valence-corrected chi connectivity index (χ0v) is 19.3. The van der Waals surface area contributed by atoms with Crippen LogP contribution < -0.4 is 9.64 Å². The van der Waals surface area contributed by atoms with Gasteiger partial charge in [0.05, 0.1) is 16.1 Å². The van der Waals surface area contributed by atoms with Gasteiger partial charge in [-0.15, -0.1) is 11.3 Å². The van der Waals surface area contributed by atoms with Crippen LogP contribution in [0.2, 0.25) is 0 Å². The number of nitrogens with zero attached hydrogens (tertiary/aromatic N) is 6. The molecule has 0 radical (unpaired) electrons. The van der Waals surface area contributed by atoms with Crippen molar-refractivity contribution in [3.05, 3.63) is 29.7 Å². The van der Waals surface area contributed by atoms with Crippen molar-refractivity contribution in [2.75, 3.05) is 18.0 Å². The predicted molar refractivity (Wildman–Crippen MR) is 122 cm³/mol. The van der Waals surface area contributed by atoms with Gasteiger partial charge >= 0.3 is 6.01 Å². The van der Waals surface area contributed by atoms with E-state index < -0.39 is 0 Å². The highest BCUT2D eigenvalue weighted by atomic mass is 32.1. The van der Waals surface area contributed by atoms with Crippen LogP contribution in [0.15, 0.2) is 28.4 Å². The van der Waals surface area contributed by atoms with E-state index in [1.165, 1.54) is 11.3 Å². The number of piperidine rings is 1. The van der Waals surface area contributed by atoms with Crippen LogP contribution in [0.5, 0.6) is 5.19 Å². The predicted octanol–water partition coefficient (Wildman–Crippen LogP) is 5.01. The maximum absolute atomic E-state index is 6.23. The quantitative estimate of drug-likeness (QED) is 0.400. The molecule has 162 valence electrons. The summed E-state index contributed by atoms with van der Waals surface area (Å²) in [5, 5.41) is 4.75. The second-order valence-corrected chi connectivity index (χ2v) is 9.93. The molecular formula is C21H24N6O2S2. The minimum atomic E-state index is 0.0811. The van der Waals surface area contributed by atoms with Crippen LogP contribution in [0, 0.1) is 5.92 Å². The molecule has 0 N–H and O–H groups in total. The van der Waals surface area contributed by atoms with Crippen LogP contribution in [-0.4, -0.2) is 44.3 Å². The van der Waals surface area contributed by atoms with E-state index in [2.05, 4.69) is 45.8 Å². The van der Waals surface area contributed by atoms with Crippen molar-refractivity contribution in [2.24, 2.45) is 5.92 Å². The molecule has 0 bridgehead atoms. The second kappa shape index (κ2) is 8.51. The Bertz CT molecular complexity index is 1150. The fraction of sp³-hybridized carbons (Fsp3) is 0.476. The zero-order chi connectivity index (χ0) is 21.4. The summed E-state index contributed by atoms with van der Waals surface area (Å²) in [5.41, 5.74) is 3.61. The van der Waals surface area contributed by atoms with Gasteiger partial charge < -0.3 is 14.2 Å². The number of ether oxygens (including phenoxy) is 1. The molecule has 8 nitrogen and oxygen atoms in total. The molecule has 4 aromatic rings. The molecule has 0 aromatic carbocycles. The van der Waals surface area contributed by atoms with Crippen LogP contribution in [0.3, 0.4) is 0 Å². The number of anilines is 1. The molecule has 1 aliphatic heterocycles. The molecule has 0 unspecified atom stereocenters. The van der Waals surface area contributed by atoms with Crippen molar-refractivity contribution in [1.29, 1.82) is 0 Å². The first kappa shape index (κ1) is 20.3. The third-order valence-electron chi connectivity index (χ3n) is 5.63. The number of hydrogen-bond acceptors (Lipinski definition) is 10. The standard InChI is InChI=1S/C21H24N6O2S2/c1-12(2)18-25-20(29-26-18)27-8-6-14(7-9-27)13(3)28-21-24-16-5-4-15(23-19(16)31-21)17-10-22-11-30-17/h4-5,10-14H,6-9H2,1-3H3/t13-/m0/s1. The van der Waals surface area contributed by atoms with Gasteiger partial charge in [0, 0.05) is 25.2 Å². The average Bonchev–Trinajstić information content (AvgIpc) is 3.53. The number of thiazole rings is 2. The molecule has 0 aliphatic carbocycles. The minimum Gasteiger partial charge on any atom is -0.467 e. The van der Waals surface area contributed by atoms with E-state index in [1.54, 1.807) is 11.3 Å². The zero-order valence-electron chi connectivity index (χ0n) is 17.7. The van der Waals surface area contributed by atoms with Gasteiger partial charge in [-0.2, -0.15) is 4.98 Å². The second-order valence-electron chi connectivity index (χ2n) is 8.10. The molecule has 0 amide bonds. The van der Waals surface area contributed by atoms with Gasteiger partial charge in [0.1, 0.15) is 16.5 Å². The normalized spacial score (nSPS) is 16.3. The molecule has 31 heavy (non-hydrogen) atoms. The average molecular weight is 457 g/mol. The summed E-state index contributed by atoms with van der Waals surface area (Å²) in [6.07, 6.45) is 3.94. The van der Waals surface area contributed by atoms with Crippen molar-refractivity contribution in [2.45, 2.75) is 45.6 Å². The lowest BCUT2D eigenvalue weighted by molar-refractivity contribution is 0.131. The summed E-state index contributed by atoms with van der Waals surface area (Å²) in [7, 11) is 0. The van der Waals surface area contributed by atoms with Crippen molar-refractivity contribution in [1.82, 2.24) is 25.1 Å². The Kier molecular flexibility index (Phi) is 5.58. The fourth-order valence-corrected chi connectivity index (χ4v) is 5.19. The van der Waals surface area contributed by atoms with E-state index in [0.29, 0.717) is 17.1 Å². The first-order chi connectivity index (χ1) is 15.1. The smallest absolute Gasteiger partial charge is 0.324 e. The Hall–Kier alpha value is -2.59. The van der Waals surface area contributed by atoms with Crippen molar-refractivity contribution in [3.8, 4) is 15.8 Å². The lowest BCUT2D eigenvalue weighted by Crippen LogP contribution is -2.38. The van der Waals surface area contributed by atoms with E-state index in [-0.39, 0.29) is 12.0 Å². The summed E-state index contributed by atoms with van der Waals surface area (Å²) in [5.74, 6) is 1.48. The Balaban J connectivity index is 1.21. The van der Waals surface area contributed by atoms with Crippen molar-refractivity contribution in [3.63, 3.8) is 0 Å². The van der Waals surface area contributed by atoms with Crippen LogP contribution in [0.1, 0.15) is 45.4 Å². The number of rotatable bonds is 6. The number of aromatic nitrogens is 5. The van der Waals surface area contributed by atoms with Gasteiger partial charge in [0.15, 0.2) is 5.82 Å². The van der Waals surface area contributed by atoms with Gasteiger partial charge in [-0.05, 0) is 37.8 Å². The fourth-order valence-electron chi connectivity index (χ4n) is 3.73. The van der Waals surface area contributed by atoms with Gasteiger partial charge in [-0.1, -0.05) is 30.3 Å². The van der Waals surface area contributed by atoms with E-state index in [0.717, 1.165) is 52.7 Å². The summed E-state index contributed by atoms with van der Waals surface area (Å²) in [6, 6.07) is 4.62. The Morgan fingerprint density at radius 1 is 1.13 bits per heavy atom. The van der Waals surface area contributed by atoms with E-state index >= 15 is 0 Å². The van der Waals surface area contributed by atoms with Crippen molar-refractivity contribution < 1.29 is 9.26 Å². The summed E-state index contributed by atoms with van der Waals surface area (Å²) in [6.45, 7) is 8.04. The number of hydrogen-bond donors (Lipinski definition) is 0. The highest BCUT2D eigenvalue weighted by molar-refractivity contribution is 7.19. The maximum Gasteiger partial charge on any atom is 0.324 e. The molecule has 5 rings (SSSR count). The lowest BCUT2D eigenvalue weighted by Gasteiger charge is -2.33. The third-order valence-corrected chi connectivity index (χ3v) is 7.28. The molecule has 1 fully saturated rings. The molecule has 1 aliphatic rings. The highest BCUT2D eigenvalue weighted by Crippen LogP contribution is 2.33. The van der Waals surface area contributed by atoms with Crippen LogP contribution in [0.25, 0.3) is 20.9 Å². The van der Waals surface area contributed by atoms with Crippen LogP contribution in [0.4, 0.5) is 6.01 Å². The molecule has 1 atom stereocenters. The molecule has 10 heteroatoms. The maximum atomic E-state index is 6.23. The molecule has 0 spiro atoms. The van der Waals surface area contributed by atoms with Crippen LogP contribution in [-0.2, 0) is 0 Å². The highest BCUT2D eigenvalue weighted by Gasteiger charge is 2.28. The van der Waals surface area contributed by atoms with E-state index in [4.69, 9.17) is 14.2 Å². The largest absolute Gasteiger partial charge is 0.467 e. The minimum absolute atomic E-state index is 0.0811. The lowest BCUT2D eigenvalue weighted by atomic mass is 9.92. The molecule has 5 heterocycles. The molecule has 1 saturated heterocycles. The number of pyridine rings is 1. The first-order valence-electron chi connectivity index (χ1n) is 10.5. The summed E-state index contributed by atoms with van der Waals surface area (Å²) >= 11 is 3.08. The Labute approximate surface area is 188 Å². The van der Waals surface area contributed by atoms with Gasteiger partial charge in [0.25, 0.3) is 5.19 Å².